The molecule has 2 aromatic carbocycles. The van der Waals surface area contributed by atoms with Crippen molar-refractivity contribution in [2.75, 3.05) is 13.7 Å². The molecule has 0 saturated carbocycles. The van der Waals surface area contributed by atoms with E-state index in [9.17, 15) is 13.6 Å². The Balaban J connectivity index is 1.52. The molecule has 0 saturated heterocycles. The van der Waals surface area contributed by atoms with Gasteiger partial charge in [0, 0.05) is 49.2 Å². The van der Waals surface area contributed by atoms with Gasteiger partial charge in [-0.2, -0.15) is 5.10 Å². The first-order chi connectivity index (χ1) is 15.9. The molecule has 1 amide bonds. The third kappa shape index (κ3) is 3.49. The van der Waals surface area contributed by atoms with Crippen molar-refractivity contribution in [1.82, 2.24) is 24.6 Å². The minimum absolute atomic E-state index is 0.0516. The van der Waals surface area contributed by atoms with Gasteiger partial charge in [0.25, 0.3) is 5.91 Å². The number of halogens is 2. The molecule has 1 unspecified atom stereocenters. The van der Waals surface area contributed by atoms with Gasteiger partial charge in [-0.25, -0.2) is 8.78 Å². The predicted octanol–water partition coefficient (Wildman–Crippen LogP) is 4.08. The van der Waals surface area contributed by atoms with Crippen LogP contribution in [0.25, 0.3) is 22.3 Å². The Kier molecular flexibility index (Phi) is 5.03. The number of carbonyl (C=O) groups excluding carboxylic acids is 1. The quantitative estimate of drug-likeness (QED) is 0.471. The molecule has 0 fully saturated rings. The average molecular weight is 449 g/mol. The molecule has 2 aromatic heterocycles. The maximum atomic E-state index is 14.8. The lowest BCUT2D eigenvalue weighted by Gasteiger charge is -2.33. The maximum Gasteiger partial charge on any atom is 0.257 e. The van der Waals surface area contributed by atoms with E-state index in [0.29, 0.717) is 41.0 Å². The van der Waals surface area contributed by atoms with Crippen molar-refractivity contribution < 1.29 is 18.3 Å². The van der Waals surface area contributed by atoms with Gasteiger partial charge >= 0.3 is 0 Å². The van der Waals surface area contributed by atoms with Crippen LogP contribution in [0.2, 0.25) is 0 Å². The van der Waals surface area contributed by atoms with Gasteiger partial charge < -0.3 is 9.64 Å². The van der Waals surface area contributed by atoms with Crippen LogP contribution in [0.5, 0.6) is 5.75 Å². The standard InChI is InChI=1S/C24H21F2N5O2/c1-13-22-17(23(30(2)29-22)14-8-15(25)10-16(9-14)33-3)4-7-31(13)24(32)18-11-20-21(12-19(18)26)28-6-5-27-20/h5-6,8-13H,4,7H2,1-3H3. The Morgan fingerprint density at radius 1 is 1.09 bits per heavy atom. The number of ether oxygens (including phenoxy) is 1. The highest BCUT2D eigenvalue weighted by Gasteiger charge is 2.34. The van der Waals surface area contributed by atoms with Crippen molar-refractivity contribution in [3.05, 3.63) is 71.2 Å². The van der Waals surface area contributed by atoms with E-state index in [1.807, 2.05) is 6.92 Å². The van der Waals surface area contributed by atoms with Crippen molar-refractivity contribution in [1.29, 1.82) is 0 Å². The predicted molar refractivity (Wildman–Crippen MR) is 118 cm³/mol. The molecule has 4 aromatic rings. The minimum atomic E-state index is -0.639. The van der Waals surface area contributed by atoms with Gasteiger partial charge in [0.2, 0.25) is 0 Å². The first-order valence-corrected chi connectivity index (χ1v) is 10.5. The first kappa shape index (κ1) is 21.0. The first-order valence-electron chi connectivity index (χ1n) is 10.5. The highest BCUT2D eigenvalue weighted by Crippen LogP contribution is 2.37. The van der Waals surface area contributed by atoms with E-state index in [-0.39, 0.29) is 5.56 Å². The zero-order valence-corrected chi connectivity index (χ0v) is 18.3. The zero-order valence-electron chi connectivity index (χ0n) is 18.3. The normalized spacial score (nSPS) is 15.5. The van der Waals surface area contributed by atoms with Crippen molar-refractivity contribution >= 4 is 16.9 Å². The number of fused-ring (bicyclic) bond motifs is 2. The number of aryl methyl sites for hydroxylation is 1. The molecule has 0 spiro atoms. The molecular weight excluding hydrogens is 428 g/mol. The molecule has 33 heavy (non-hydrogen) atoms. The summed E-state index contributed by atoms with van der Waals surface area (Å²) in [5.74, 6) is -1.07. The monoisotopic (exact) mass is 449 g/mol. The summed E-state index contributed by atoms with van der Waals surface area (Å²) in [5.41, 5.74) is 3.85. The van der Waals surface area contributed by atoms with Crippen LogP contribution in [0.15, 0.2) is 42.7 Å². The SMILES string of the molecule is COc1cc(F)cc(-c2c3c(nn2C)C(C)N(C(=O)c2cc4nccnc4cc2F)CC3)c1. The summed E-state index contributed by atoms with van der Waals surface area (Å²) < 4.78 is 35.8. The lowest BCUT2D eigenvalue weighted by Crippen LogP contribution is -2.39. The second-order valence-corrected chi connectivity index (χ2v) is 8.02. The van der Waals surface area contributed by atoms with Crippen LogP contribution in [0.1, 0.15) is 34.6 Å². The van der Waals surface area contributed by atoms with E-state index in [4.69, 9.17) is 4.74 Å². The number of aromatic nitrogens is 4. The second kappa shape index (κ2) is 7.91. The van der Waals surface area contributed by atoms with Crippen LogP contribution in [-0.4, -0.2) is 44.2 Å². The Hall–Kier alpha value is -3.88. The van der Waals surface area contributed by atoms with Gasteiger partial charge in [0.05, 0.1) is 41.1 Å². The van der Waals surface area contributed by atoms with Gasteiger partial charge in [0.1, 0.15) is 17.4 Å². The molecule has 0 bridgehead atoms. The molecule has 3 heterocycles. The fourth-order valence-corrected chi connectivity index (χ4v) is 4.50. The number of rotatable bonds is 3. The molecule has 0 aliphatic carbocycles. The summed E-state index contributed by atoms with van der Waals surface area (Å²) in [5, 5.41) is 4.64. The van der Waals surface area contributed by atoms with Crippen LogP contribution in [-0.2, 0) is 13.5 Å². The molecule has 1 aliphatic heterocycles. The molecule has 1 aliphatic rings. The molecule has 0 N–H and O–H groups in total. The van der Waals surface area contributed by atoms with E-state index in [1.54, 1.807) is 22.7 Å². The van der Waals surface area contributed by atoms with E-state index in [0.717, 1.165) is 11.3 Å². The fraction of sp³-hybridized carbons (Fsp3) is 0.250. The van der Waals surface area contributed by atoms with Crippen LogP contribution in [0.4, 0.5) is 8.78 Å². The Labute approximate surface area is 188 Å². The summed E-state index contributed by atoms with van der Waals surface area (Å²) in [6.45, 7) is 2.23. The Bertz CT molecular complexity index is 1400. The number of amides is 1. The molecular formula is C24H21F2N5O2. The third-order valence-corrected chi connectivity index (χ3v) is 6.07. The highest BCUT2D eigenvalue weighted by molar-refractivity contribution is 5.98. The lowest BCUT2D eigenvalue weighted by molar-refractivity contribution is 0.0669. The van der Waals surface area contributed by atoms with E-state index in [1.165, 1.54) is 43.8 Å². The van der Waals surface area contributed by atoms with Crippen LogP contribution in [0, 0.1) is 11.6 Å². The van der Waals surface area contributed by atoms with Gasteiger partial charge in [-0.3, -0.25) is 19.4 Å². The largest absolute Gasteiger partial charge is 0.497 e. The number of methoxy groups -OCH3 is 1. The molecule has 5 rings (SSSR count). The molecule has 168 valence electrons. The lowest BCUT2D eigenvalue weighted by atomic mass is 9.95. The van der Waals surface area contributed by atoms with Crippen LogP contribution < -0.4 is 4.74 Å². The van der Waals surface area contributed by atoms with Crippen LogP contribution >= 0.6 is 0 Å². The Morgan fingerprint density at radius 3 is 2.55 bits per heavy atom. The maximum absolute atomic E-state index is 14.8. The van der Waals surface area contributed by atoms with Gasteiger partial charge in [-0.05, 0) is 31.5 Å². The number of nitrogens with zero attached hydrogens (tertiary/aromatic N) is 5. The highest BCUT2D eigenvalue weighted by atomic mass is 19.1. The van der Waals surface area contributed by atoms with Gasteiger partial charge in [-0.15, -0.1) is 0 Å². The molecule has 0 radical (unpaired) electrons. The summed E-state index contributed by atoms with van der Waals surface area (Å²) >= 11 is 0. The zero-order chi connectivity index (χ0) is 23.3. The summed E-state index contributed by atoms with van der Waals surface area (Å²) in [6, 6.07) is 6.78. The molecule has 9 heteroatoms. The van der Waals surface area contributed by atoms with E-state index in [2.05, 4.69) is 15.1 Å². The van der Waals surface area contributed by atoms with Crippen molar-refractivity contribution in [3.63, 3.8) is 0 Å². The Morgan fingerprint density at radius 2 is 1.82 bits per heavy atom. The minimum Gasteiger partial charge on any atom is -0.497 e. The van der Waals surface area contributed by atoms with Gasteiger partial charge in [0.15, 0.2) is 0 Å². The van der Waals surface area contributed by atoms with E-state index >= 15 is 0 Å². The molecule has 1 atom stereocenters. The summed E-state index contributed by atoms with van der Waals surface area (Å²) in [4.78, 5) is 23.2. The average Bonchev–Trinajstić information content (AvgIpc) is 3.14. The summed E-state index contributed by atoms with van der Waals surface area (Å²) in [7, 11) is 3.27. The van der Waals surface area contributed by atoms with Gasteiger partial charge in [-0.1, -0.05) is 0 Å². The summed E-state index contributed by atoms with van der Waals surface area (Å²) in [6.07, 6.45) is 3.48. The van der Waals surface area contributed by atoms with Crippen molar-refractivity contribution in [2.45, 2.75) is 19.4 Å². The number of hydrogen-bond donors (Lipinski definition) is 0. The van der Waals surface area contributed by atoms with Crippen molar-refractivity contribution in [3.8, 4) is 17.0 Å². The topological polar surface area (TPSA) is 73.1 Å². The van der Waals surface area contributed by atoms with Crippen molar-refractivity contribution in [2.24, 2.45) is 7.05 Å². The molecule has 7 nitrogen and oxygen atoms in total. The number of hydrogen-bond acceptors (Lipinski definition) is 5. The number of carbonyl (C=O) groups is 1. The second-order valence-electron chi connectivity index (χ2n) is 8.02. The fourth-order valence-electron chi connectivity index (χ4n) is 4.50. The van der Waals surface area contributed by atoms with Crippen LogP contribution in [0.3, 0.4) is 0 Å². The third-order valence-electron chi connectivity index (χ3n) is 6.07. The van der Waals surface area contributed by atoms with E-state index < -0.39 is 23.6 Å². The number of benzene rings is 2. The smallest absolute Gasteiger partial charge is 0.257 e.